The van der Waals surface area contributed by atoms with Crippen LogP contribution in [0.15, 0.2) is 18.2 Å². The van der Waals surface area contributed by atoms with Gasteiger partial charge in [-0.05, 0) is 30.2 Å². The molecule has 1 fully saturated rings. The van der Waals surface area contributed by atoms with Gasteiger partial charge >= 0.3 is 5.97 Å². The fourth-order valence-electron chi connectivity index (χ4n) is 2.11. The highest BCUT2D eigenvalue weighted by Crippen LogP contribution is 2.24. The van der Waals surface area contributed by atoms with Crippen molar-refractivity contribution in [2.45, 2.75) is 12.8 Å². The monoisotopic (exact) mass is 253 g/mol. The number of halogens is 1. The molecular formula is C13H16FNO3. The van der Waals surface area contributed by atoms with Crippen molar-refractivity contribution in [2.75, 3.05) is 31.2 Å². The van der Waals surface area contributed by atoms with Crippen LogP contribution >= 0.6 is 0 Å². The van der Waals surface area contributed by atoms with E-state index in [0.717, 1.165) is 24.3 Å². The van der Waals surface area contributed by atoms with Gasteiger partial charge in [0.1, 0.15) is 5.82 Å². The van der Waals surface area contributed by atoms with E-state index in [4.69, 9.17) is 9.84 Å². The molecule has 1 aliphatic rings. The summed E-state index contributed by atoms with van der Waals surface area (Å²) in [5.74, 6) is -1.19. The zero-order valence-electron chi connectivity index (χ0n) is 10.1. The fourth-order valence-corrected chi connectivity index (χ4v) is 2.11. The SMILES string of the molecule is O=C(O)CCc1cc(F)ccc1N1CCOCC1. The predicted molar refractivity (Wildman–Crippen MR) is 65.4 cm³/mol. The minimum atomic E-state index is -0.868. The lowest BCUT2D eigenvalue weighted by Gasteiger charge is -2.30. The number of rotatable bonds is 4. The number of aryl methyl sites for hydroxylation is 1. The van der Waals surface area contributed by atoms with Crippen molar-refractivity contribution >= 4 is 11.7 Å². The van der Waals surface area contributed by atoms with E-state index in [-0.39, 0.29) is 12.2 Å². The highest BCUT2D eigenvalue weighted by atomic mass is 19.1. The van der Waals surface area contributed by atoms with E-state index in [2.05, 4.69) is 4.90 Å². The Hall–Kier alpha value is -1.62. The van der Waals surface area contributed by atoms with Crippen LogP contribution < -0.4 is 4.90 Å². The van der Waals surface area contributed by atoms with Crippen LogP contribution in [0.3, 0.4) is 0 Å². The van der Waals surface area contributed by atoms with Gasteiger partial charge in [0.25, 0.3) is 0 Å². The average molecular weight is 253 g/mol. The first-order valence-corrected chi connectivity index (χ1v) is 6.00. The number of carboxylic acid groups (broad SMARTS) is 1. The first-order chi connectivity index (χ1) is 8.66. The van der Waals surface area contributed by atoms with Crippen molar-refractivity contribution in [3.8, 4) is 0 Å². The van der Waals surface area contributed by atoms with Crippen LogP contribution in [0.1, 0.15) is 12.0 Å². The van der Waals surface area contributed by atoms with Gasteiger partial charge in [-0.2, -0.15) is 0 Å². The van der Waals surface area contributed by atoms with Gasteiger partial charge in [-0.15, -0.1) is 0 Å². The third-order valence-electron chi connectivity index (χ3n) is 3.00. The molecule has 1 N–H and O–H groups in total. The van der Waals surface area contributed by atoms with Gasteiger partial charge in [-0.1, -0.05) is 0 Å². The first-order valence-electron chi connectivity index (χ1n) is 6.00. The summed E-state index contributed by atoms with van der Waals surface area (Å²) in [7, 11) is 0. The molecule has 1 heterocycles. The Morgan fingerprint density at radius 3 is 2.78 bits per heavy atom. The molecular weight excluding hydrogens is 237 g/mol. The standard InChI is InChI=1S/C13H16FNO3/c14-11-2-3-12(15-5-7-18-8-6-15)10(9-11)1-4-13(16)17/h2-3,9H,1,4-8H2,(H,16,17). The Kier molecular flexibility index (Phi) is 4.15. The number of aliphatic carboxylic acids is 1. The van der Waals surface area contributed by atoms with Crippen LogP contribution in [0.25, 0.3) is 0 Å². The van der Waals surface area contributed by atoms with E-state index < -0.39 is 5.97 Å². The van der Waals surface area contributed by atoms with Crippen LogP contribution in [0.2, 0.25) is 0 Å². The summed E-state index contributed by atoms with van der Waals surface area (Å²) in [5.41, 5.74) is 1.67. The molecule has 1 aromatic carbocycles. The molecule has 98 valence electrons. The Morgan fingerprint density at radius 2 is 2.11 bits per heavy atom. The lowest BCUT2D eigenvalue weighted by atomic mass is 10.1. The summed E-state index contributed by atoms with van der Waals surface area (Å²) in [5, 5.41) is 8.72. The van der Waals surface area contributed by atoms with Gasteiger partial charge in [-0.25, -0.2) is 4.39 Å². The Labute approximate surface area is 105 Å². The quantitative estimate of drug-likeness (QED) is 0.887. The number of hydrogen-bond acceptors (Lipinski definition) is 3. The lowest BCUT2D eigenvalue weighted by Crippen LogP contribution is -2.36. The second-order valence-electron chi connectivity index (χ2n) is 4.27. The van der Waals surface area contributed by atoms with Crippen LogP contribution in [0, 0.1) is 5.82 Å². The average Bonchev–Trinajstić information content (AvgIpc) is 2.37. The third-order valence-corrected chi connectivity index (χ3v) is 3.00. The molecule has 1 saturated heterocycles. The van der Waals surface area contributed by atoms with E-state index in [1.807, 2.05) is 0 Å². The van der Waals surface area contributed by atoms with Gasteiger partial charge in [0.2, 0.25) is 0 Å². The molecule has 0 unspecified atom stereocenters. The molecule has 2 rings (SSSR count). The lowest BCUT2D eigenvalue weighted by molar-refractivity contribution is -0.136. The Bertz CT molecular complexity index is 430. The molecule has 0 atom stereocenters. The van der Waals surface area contributed by atoms with E-state index in [9.17, 15) is 9.18 Å². The maximum atomic E-state index is 13.2. The number of hydrogen-bond donors (Lipinski definition) is 1. The molecule has 0 bridgehead atoms. The number of carbonyl (C=O) groups is 1. The summed E-state index contributed by atoms with van der Waals surface area (Å²) in [4.78, 5) is 12.7. The van der Waals surface area contributed by atoms with E-state index in [0.29, 0.717) is 19.6 Å². The van der Waals surface area contributed by atoms with Crippen molar-refractivity contribution in [3.63, 3.8) is 0 Å². The second-order valence-corrected chi connectivity index (χ2v) is 4.27. The molecule has 0 amide bonds. The Morgan fingerprint density at radius 1 is 1.39 bits per heavy atom. The third kappa shape index (κ3) is 3.20. The molecule has 0 aromatic heterocycles. The number of carboxylic acids is 1. The number of nitrogens with zero attached hydrogens (tertiary/aromatic N) is 1. The number of anilines is 1. The van der Waals surface area contributed by atoms with Crippen LogP contribution in [-0.4, -0.2) is 37.4 Å². The van der Waals surface area contributed by atoms with E-state index in [1.54, 1.807) is 6.07 Å². The van der Waals surface area contributed by atoms with Gasteiger partial charge in [0.15, 0.2) is 0 Å². The molecule has 0 spiro atoms. The maximum absolute atomic E-state index is 13.2. The van der Waals surface area contributed by atoms with Crippen molar-refractivity contribution < 1.29 is 19.0 Å². The highest BCUT2D eigenvalue weighted by Gasteiger charge is 2.15. The first kappa shape index (κ1) is 12.8. The second kappa shape index (κ2) is 5.82. The highest BCUT2D eigenvalue weighted by molar-refractivity contribution is 5.68. The number of benzene rings is 1. The molecule has 4 nitrogen and oxygen atoms in total. The molecule has 1 aliphatic heterocycles. The molecule has 0 saturated carbocycles. The van der Waals surface area contributed by atoms with Gasteiger partial charge < -0.3 is 14.7 Å². The summed E-state index contributed by atoms with van der Waals surface area (Å²) in [6, 6.07) is 4.56. The van der Waals surface area contributed by atoms with Crippen LogP contribution in [0.4, 0.5) is 10.1 Å². The minimum Gasteiger partial charge on any atom is -0.481 e. The summed E-state index contributed by atoms with van der Waals surface area (Å²) in [6.45, 7) is 2.81. The molecule has 0 radical (unpaired) electrons. The molecule has 18 heavy (non-hydrogen) atoms. The summed E-state index contributed by atoms with van der Waals surface area (Å²) < 4.78 is 18.5. The number of morpholine rings is 1. The largest absolute Gasteiger partial charge is 0.481 e. The Balaban J connectivity index is 2.18. The minimum absolute atomic E-state index is 0.0147. The smallest absolute Gasteiger partial charge is 0.303 e. The molecule has 0 aliphatic carbocycles. The van der Waals surface area contributed by atoms with Crippen LogP contribution in [0.5, 0.6) is 0 Å². The fraction of sp³-hybridized carbons (Fsp3) is 0.462. The van der Waals surface area contributed by atoms with Crippen molar-refractivity contribution in [1.82, 2.24) is 0 Å². The summed E-state index contributed by atoms with van der Waals surface area (Å²) >= 11 is 0. The normalized spacial score (nSPS) is 15.7. The van der Waals surface area contributed by atoms with Crippen molar-refractivity contribution in [3.05, 3.63) is 29.6 Å². The zero-order chi connectivity index (χ0) is 13.0. The van der Waals surface area contributed by atoms with Crippen LogP contribution in [-0.2, 0) is 16.0 Å². The van der Waals surface area contributed by atoms with E-state index in [1.165, 1.54) is 12.1 Å². The van der Waals surface area contributed by atoms with Crippen molar-refractivity contribution in [1.29, 1.82) is 0 Å². The molecule has 1 aromatic rings. The molecule has 5 heteroatoms. The maximum Gasteiger partial charge on any atom is 0.303 e. The number of ether oxygens (including phenoxy) is 1. The van der Waals surface area contributed by atoms with Crippen molar-refractivity contribution in [2.24, 2.45) is 0 Å². The van der Waals surface area contributed by atoms with Gasteiger partial charge in [0.05, 0.1) is 13.2 Å². The topological polar surface area (TPSA) is 49.8 Å². The summed E-state index contributed by atoms with van der Waals surface area (Å²) in [6.07, 6.45) is 0.362. The van der Waals surface area contributed by atoms with Gasteiger partial charge in [-0.3, -0.25) is 4.79 Å². The zero-order valence-corrected chi connectivity index (χ0v) is 10.1. The van der Waals surface area contributed by atoms with Gasteiger partial charge in [0, 0.05) is 25.2 Å². The predicted octanol–water partition coefficient (Wildman–Crippen LogP) is 1.68. The van der Waals surface area contributed by atoms with E-state index >= 15 is 0 Å².